The van der Waals surface area contributed by atoms with E-state index >= 15 is 0 Å². The Balaban J connectivity index is 2.05. The molecule has 168 valence electrons. The van der Waals surface area contributed by atoms with Crippen LogP contribution in [0, 0.1) is 17.3 Å². The highest BCUT2D eigenvalue weighted by atomic mass is 16.4. The maximum absolute atomic E-state index is 12.9. The summed E-state index contributed by atoms with van der Waals surface area (Å²) in [6, 6.07) is -2.70. The molecule has 30 heavy (non-hydrogen) atoms. The second kappa shape index (κ2) is 9.90. The second-order valence-corrected chi connectivity index (χ2v) is 9.35. The van der Waals surface area contributed by atoms with E-state index in [0.717, 1.165) is 12.8 Å². The van der Waals surface area contributed by atoms with Crippen molar-refractivity contribution in [3.8, 4) is 0 Å². The van der Waals surface area contributed by atoms with Gasteiger partial charge in [0, 0.05) is 12.5 Å². The first-order valence-corrected chi connectivity index (χ1v) is 10.3. The normalized spacial score (nSPS) is 21.7. The monoisotopic (exact) mass is 424 g/mol. The first-order chi connectivity index (χ1) is 14.0. The summed E-state index contributed by atoms with van der Waals surface area (Å²) in [5, 5.41) is 19.2. The fourth-order valence-electron chi connectivity index (χ4n) is 3.65. The Kier molecular flexibility index (Phi) is 7.80. The summed E-state index contributed by atoms with van der Waals surface area (Å²) in [4.78, 5) is 59.9. The van der Waals surface area contributed by atoms with Crippen molar-refractivity contribution < 1.29 is 29.1 Å². The maximum atomic E-state index is 12.9. The van der Waals surface area contributed by atoms with Gasteiger partial charge in [-0.2, -0.15) is 0 Å². The third kappa shape index (κ3) is 7.31. The summed E-state index contributed by atoms with van der Waals surface area (Å²) >= 11 is 0. The van der Waals surface area contributed by atoms with Crippen molar-refractivity contribution in [2.24, 2.45) is 17.3 Å². The van der Waals surface area contributed by atoms with Crippen LogP contribution in [0.25, 0.3) is 0 Å². The van der Waals surface area contributed by atoms with E-state index in [-0.39, 0.29) is 29.6 Å². The molecule has 10 heteroatoms. The van der Waals surface area contributed by atoms with E-state index in [2.05, 4.69) is 21.3 Å². The van der Waals surface area contributed by atoms with Gasteiger partial charge in [0.15, 0.2) is 0 Å². The van der Waals surface area contributed by atoms with Crippen LogP contribution in [-0.4, -0.2) is 59.9 Å². The number of carbonyl (C=O) groups excluding carboxylic acids is 4. The van der Waals surface area contributed by atoms with Gasteiger partial charge in [-0.1, -0.05) is 20.8 Å². The van der Waals surface area contributed by atoms with Gasteiger partial charge < -0.3 is 31.2 Å². The van der Waals surface area contributed by atoms with Crippen molar-refractivity contribution >= 4 is 30.1 Å². The largest absolute Gasteiger partial charge is 0.465 e. The van der Waals surface area contributed by atoms with Crippen LogP contribution in [0.5, 0.6) is 0 Å². The second-order valence-electron chi connectivity index (χ2n) is 9.35. The van der Waals surface area contributed by atoms with Gasteiger partial charge in [-0.3, -0.25) is 14.4 Å². The van der Waals surface area contributed by atoms with Crippen LogP contribution in [0.2, 0.25) is 0 Å². The van der Waals surface area contributed by atoms with Gasteiger partial charge >= 0.3 is 6.09 Å². The summed E-state index contributed by atoms with van der Waals surface area (Å²) in [6.07, 6.45) is 1.88. The van der Waals surface area contributed by atoms with Gasteiger partial charge in [0.1, 0.15) is 18.4 Å². The molecule has 2 fully saturated rings. The number of carboxylic acid groups (broad SMARTS) is 1. The van der Waals surface area contributed by atoms with Crippen molar-refractivity contribution in [1.82, 2.24) is 21.3 Å². The van der Waals surface area contributed by atoms with E-state index in [1.54, 1.807) is 0 Å². The summed E-state index contributed by atoms with van der Waals surface area (Å²) in [5.74, 6) is -1.64. The molecule has 2 aliphatic rings. The van der Waals surface area contributed by atoms with Crippen LogP contribution in [0.1, 0.15) is 52.9 Å². The molecule has 0 bridgehead atoms. The molecular formula is C20H32N4O6. The molecule has 5 N–H and O–H groups in total. The lowest BCUT2D eigenvalue weighted by molar-refractivity contribution is -0.132. The first-order valence-electron chi connectivity index (χ1n) is 10.3. The third-order valence-electron chi connectivity index (χ3n) is 5.30. The molecule has 1 saturated carbocycles. The lowest BCUT2D eigenvalue weighted by Crippen LogP contribution is -2.56. The molecule has 1 heterocycles. The van der Waals surface area contributed by atoms with E-state index in [0.29, 0.717) is 25.7 Å². The number of rotatable bonds is 10. The van der Waals surface area contributed by atoms with E-state index in [4.69, 9.17) is 5.11 Å². The summed E-state index contributed by atoms with van der Waals surface area (Å²) < 4.78 is 0. The fraction of sp³-hybridized carbons (Fsp3) is 0.750. The number of hydrogen-bond acceptors (Lipinski definition) is 5. The van der Waals surface area contributed by atoms with E-state index in [1.165, 1.54) is 0 Å². The van der Waals surface area contributed by atoms with E-state index < -0.39 is 36.0 Å². The lowest BCUT2D eigenvalue weighted by Gasteiger charge is -2.29. The number of aldehydes is 1. The number of nitrogens with one attached hydrogen (secondary N) is 4. The van der Waals surface area contributed by atoms with Gasteiger partial charge in [0.2, 0.25) is 17.7 Å². The first kappa shape index (κ1) is 23.6. The van der Waals surface area contributed by atoms with Crippen LogP contribution in [0.3, 0.4) is 0 Å². The Morgan fingerprint density at radius 1 is 1.13 bits per heavy atom. The molecule has 1 aliphatic heterocycles. The van der Waals surface area contributed by atoms with Gasteiger partial charge in [-0.05, 0) is 43.4 Å². The minimum absolute atomic E-state index is 0.0805. The van der Waals surface area contributed by atoms with Gasteiger partial charge in [-0.15, -0.1) is 0 Å². The van der Waals surface area contributed by atoms with Gasteiger partial charge in [0.25, 0.3) is 0 Å². The predicted molar refractivity (Wildman–Crippen MR) is 107 cm³/mol. The van der Waals surface area contributed by atoms with Gasteiger partial charge in [-0.25, -0.2) is 4.79 Å². The molecule has 4 atom stereocenters. The standard InChI is InChI=1S/C20H32N4O6/c1-20(2,3)9-14(23-18(28)15(11-4-5-11)24-19(29)30)17(27)22-13(10-25)8-12-6-7-21-16(12)26/h10-15,24H,4-9H2,1-3H3,(H,21,26)(H,22,27)(H,23,28)(H,29,30)/t12?,13?,14?,15-/m0/s1. The van der Waals surface area contributed by atoms with Crippen molar-refractivity contribution in [2.45, 2.75) is 71.0 Å². The quantitative estimate of drug-likeness (QED) is 0.315. The molecule has 2 rings (SSSR count). The highest BCUT2D eigenvalue weighted by Crippen LogP contribution is 2.33. The van der Waals surface area contributed by atoms with Crippen molar-refractivity contribution in [3.05, 3.63) is 0 Å². The van der Waals surface area contributed by atoms with Crippen LogP contribution in [-0.2, 0) is 19.2 Å². The van der Waals surface area contributed by atoms with E-state index in [1.807, 2.05) is 20.8 Å². The Bertz CT molecular complexity index is 685. The molecule has 1 saturated heterocycles. The Morgan fingerprint density at radius 2 is 1.80 bits per heavy atom. The Morgan fingerprint density at radius 3 is 2.27 bits per heavy atom. The predicted octanol–water partition coefficient (Wildman–Crippen LogP) is 0.164. The average Bonchev–Trinajstić information content (AvgIpc) is 3.40. The SMILES string of the molecule is CC(C)(C)CC(NC(=O)[C@@H](NC(=O)O)C1CC1)C(=O)NC(C=O)CC1CCNC1=O. The number of carbonyl (C=O) groups is 5. The fourth-order valence-corrected chi connectivity index (χ4v) is 3.65. The number of amides is 4. The molecule has 0 aromatic carbocycles. The lowest BCUT2D eigenvalue weighted by atomic mass is 9.87. The Hall–Kier alpha value is -2.65. The minimum atomic E-state index is -1.30. The van der Waals surface area contributed by atoms with Crippen LogP contribution >= 0.6 is 0 Å². The van der Waals surface area contributed by atoms with Gasteiger partial charge in [0.05, 0.1) is 6.04 Å². The average molecular weight is 424 g/mol. The highest BCUT2D eigenvalue weighted by Gasteiger charge is 2.39. The van der Waals surface area contributed by atoms with Crippen molar-refractivity contribution in [1.29, 1.82) is 0 Å². The molecule has 0 radical (unpaired) electrons. The van der Waals surface area contributed by atoms with Crippen LogP contribution < -0.4 is 21.3 Å². The highest BCUT2D eigenvalue weighted by molar-refractivity contribution is 5.92. The molecule has 3 unspecified atom stereocenters. The van der Waals surface area contributed by atoms with Crippen LogP contribution in [0.4, 0.5) is 4.79 Å². The Labute approximate surface area is 175 Å². The zero-order chi connectivity index (χ0) is 22.5. The molecule has 0 spiro atoms. The molecule has 1 aliphatic carbocycles. The summed E-state index contributed by atoms with van der Waals surface area (Å²) in [6.45, 7) is 6.28. The molecular weight excluding hydrogens is 392 g/mol. The summed E-state index contributed by atoms with van der Waals surface area (Å²) in [7, 11) is 0. The summed E-state index contributed by atoms with van der Waals surface area (Å²) in [5.41, 5.74) is -0.313. The van der Waals surface area contributed by atoms with Crippen molar-refractivity contribution in [2.75, 3.05) is 6.54 Å². The van der Waals surface area contributed by atoms with Crippen LogP contribution in [0.15, 0.2) is 0 Å². The molecule has 0 aromatic rings. The topological polar surface area (TPSA) is 154 Å². The van der Waals surface area contributed by atoms with E-state index in [9.17, 15) is 24.0 Å². The van der Waals surface area contributed by atoms with Crippen molar-refractivity contribution in [3.63, 3.8) is 0 Å². The maximum Gasteiger partial charge on any atom is 0.405 e. The minimum Gasteiger partial charge on any atom is -0.465 e. The zero-order valence-electron chi connectivity index (χ0n) is 17.7. The molecule has 0 aromatic heterocycles. The number of hydrogen-bond donors (Lipinski definition) is 5. The smallest absolute Gasteiger partial charge is 0.405 e. The zero-order valence-corrected chi connectivity index (χ0v) is 17.7. The third-order valence-corrected chi connectivity index (χ3v) is 5.30. The molecule has 10 nitrogen and oxygen atoms in total. The molecule has 4 amide bonds.